The number of aldehydes is 1. The molecule has 0 aromatic heterocycles. The molecule has 84 valence electrons. The van der Waals surface area contributed by atoms with Crippen molar-refractivity contribution in [3.8, 4) is 0 Å². The number of carbonyl (C=O) groups excluding carboxylic acids is 1. The van der Waals surface area contributed by atoms with Gasteiger partial charge in [0.25, 0.3) is 0 Å². The van der Waals surface area contributed by atoms with Gasteiger partial charge in [0.2, 0.25) is 0 Å². The first-order chi connectivity index (χ1) is 7.67. The molecule has 0 aliphatic heterocycles. The summed E-state index contributed by atoms with van der Waals surface area (Å²) in [5.41, 5.74) is 0.978. The third kappa shape index (κ3) is 3.27. The van der Waals surface area contributed by atoms with E-state index in [-0.39, 0.29) is 12.0 Å². The first-order valence-electron chi connectivity index (χ1n) is 4.75. The molecule has 0 radical (unpaired) electrons. The van der Waals surface area contributed by atoms with Gasteiger partial charge in [-0.2, -0.15) is 4.91 Å². The molecule has 0 bridgehead atoms. The van der Waals surface area contributed by atoms with Crippen LogP contribution in [0.15, 0.2) is 29.4 Å². The Labute approximate surface area is 92.1 Å². The number of nitrogens with zero attached hydrogens (tertiary/aromatic N) is 1. The Morgan fingerprint density at radius 1 is 1.38 bits per heavy atom. The van der Waals surface area contributed by atoms with Crippen LogP contribution in [-0.2, 0) is 11.2 Å². The van der Waals surface area contributed by atoms with Crippen LogP contribution < -0.4 is 0 Å². The molecule has 0 aliphatic carbocycles. The minimum Gasteiger partial charge on any atom is -0.478 e. The Morgan fingerprint density at radius 3 is 2.44 bits per heavy atom. The highest BCUT2D eigenvalue weighted by Gasteiger charge is 2.09. The van der Waals surface area contributed by atoms with Crippen LogP contribution in [-0.4, -0.2) is 23.4 Å². The van der Waals surface area contributed by atoms with Crippen molar-refractivity contribution in [2.24, 2.45) is 5.18 Å². The summed E-state index contributed by atoms with van der Waals surface area (Å²) >= 11 is 0. The van der Waals surface area contributed by atoms with Gasteiger partial charge in [0, 0.05) is 6.42 Å². The first-order valence-corrected chi connectivity index (χ1v) is 4.75. The number of aromatic carboxylic acids is 1. The van der Waals surface area contributed by atoms with E-state index >= 15 is 0 Å². The van der Waals surface area contributed by atoms with E-state index in [9.17, 15) is 14.5 Å². The van der Waals surface area contributed by atoms with E-state index in [2.05, 4.69) is 5.18 Å². The molecule has 1 atom stereocenters. The van der Waals surface area contributed by atoms with Crippen molar-refractivity contribution in [3.05, 3.63) is 40.3 Å². The summed E-state index contributed by atoms with van der Waals surface area (Å²) in [5.74, 6) is -0.996. The van der Waals surface area contributed by atoms with Crippen molar-refractivity contribution in [1.82, 2.24) is 0 Å². The second kappa shape index (κ2) is 5.75. The molecule has 16 heavy (non-hydrogen) atoms. The van der Waals surface area contributed by atoms with Crippen LogP contribution in [0.25, 0.3) is 0 Å². The van der Waals surface area contributed by atoms with Crippen LogP contribution in [0, 0.1) is 4.91 Å². The molecule has 1 aromatic rings. The summed E-state index contributed by atoms with van der Waals surface area (Å²) in [4.78, 5) is 31.2. The molecule has 1 aromatic carbocycles. The van der Waals surface area contributed by atoms with Crippen molar-refractivity contribution in [2.45, 2.75) is 18.9 Å². The normalized spacial score (nSPS) is 11.8. The summed E-state index contributed by atoms with van der Waals surface area (Å²) in [7, 11) is 0. The molecule has 0 amide bonds. The number of benzene rings is 1. The van der Waals surface area contributed by atoms with Crippen LogP contribution in [0.1, 0.15) is 22.3 Å². The summed E-state index contributed by atoms with van der Waals surface area (Å²) < 4.78 is 0. The quantitative estimate of drug-likeness (QED) is 0.584. The second-order valence-electron chi connectivity index (χ2n) is 3.37. The third-order valence-corrected chi connectivity index (χ3v) is 2.19. The standard InChI is InChI=1S/C11H11NO4/c13-6-5-10(12-16)7-8-1-3-9(4-2-8)11(14)15/h1-4,6,10H,5,7H2,(H,14,15). The van der Waals surface area contributed by atoms with E-state index in [0.29, 0.717) is 12.7 Å². The fraction of sp³-hybridized carbons (Fsp3) is 0.273. The SMILES string of the molecule is O=CCC(Cc1ccc(C(=O)O)cc1)N=O. The average Bonchev–Trinajstić information content (AvgIpc) is 2.29. The van der Waals surface area contributed by atoms with E-state index in [1.54, 1.807) is 12.1 Å². The molecular formula is C11H11NO4. The van der Waals surface area contributed by atoms with Gasteiger partial charge >= 0.3 is 5.97 Å². The lowest BCUT2D eigenvalue weighted by Gasteiger charge is -2.05. The molecule has 0 spiro atoms. The van der Waals surface area contributed by atoms with Crippen molar-refractivity contribution in [2.75, 3.05) is 0 Å². The molecule has 1 N–H and O–H groups in total. The maximum atomic E-state index is 10.6. The first kappa shape index (κ1) is 12.0. The number of carbonyl (C=O) groups is 2. The molecule has 0 saturated heterocycles. The Hall–Kier alpha value is -2.04. The van der Waals surface area contributed by atoms with E-state index in [1.807, 2.05) is 0 Å². The Kier molecular flexibility index (Phi) is 4.32. The summed E-state index contributed by atoms with van der Waals surface area (Å²) in [6.07, 6.45) is 1.09. The largest absolute Gasteiger partial charge is 0.478 e. The van der Waals surface area contributed by atoms with E-state index in [0.717, 1.165) is 5.56 Å². The fourth-order valence-corrected chi connectivity index (χ4v) is 1.33. The molecule has 0 fully saturated rings. The van der Waals surface area contributed by atoms with Crippen molar-refractivity contribution < 1.29 is 14.7 Å². The predicted molar refractivity (Wildman–Crippen MR) is 57.4 cm³/mol. The van der Waals surface area contributed by atoms with Gasteiger partial charge in [0.15, 0.2) is 0 Å². The highest BCUT2D eigenvalue weighted by Crippen LogP contribution is 2.10. The molecule has 0 heterocycles. The van der Waals surface area contributed by atoms with Gasteiger partial charge in [-0.25, -0.2) is 4.79 Å². The second-order valence-corrected chi connectivity index (χ2v) is 3.37. The van der Waals surface area contributed by atoms with Crippen LogP contribution >= 0.6 is 0 Å². The minimum atomic E-state index is -0.996. The number of nitroso groups, excluding NO2 is 1. The summed E-state index contributed by atoms with van der Waals surface area (Å²) in [6, 6.07) is 5.58. The van der Waals surface area contributed by atoms with E-state index in [1.165, 1.54) is 12.1 Å². The average molecular weight is 221 g/mol. The van der Waals surface area contributed by atoms with Gasteiger partial charge in [-0.05, 0) is 24.1 Å². The van der Waals surface area contributed by atoms with E-state index in [4.69, 9.17) is 5.11 Å². The van der Waals surface area contributed by atoms with Crippen LogP contribution in [0.5, 0.6) is 0 Å². The number of hydrogen-bond donors (Lipinski definition) is 1. The molecular weight excluding hydrogens is 210 g/mol. The maximum Gasteiger partial charge on any atom is 0.335 e. The highest BCUT2D eigenvalue weighted by molar-refractivity contribution is 5.87. The topological polar surface area (TPSA) is 83.8 Å². The smallest absolute Gasteiger partial charge is 0.335 e. The Bertz CT molecular complexity index is 385. The van der Waals surface area contributed by atoms with Crippen molar-refractivity contribution in [3.63, 3.8) is 0 Å². The number of carboxylic acids is 1. The van der Waals surface area contributed by atoms with Gasteiger partial charge < -0.3 is 9.90 Å². The zero-order valence-corrected chi connectivity index (χ0v) is 8.50. The molecule has 1 rings (SSSR count). The van der Waals surface area contributed by atoms with E-state index < -0.39 is 12.0 Å². The lowest BCUT2D eigenvalue weighted by Crippen LogP contribution is -2.08. The number of rotatable bonds is 6. The maximum absolute atomic E-state index is 10.6. The monoisotopic (exact) mass is 221 g/mol. The Balaban J connectivity index is 2.70. The Morgan fingerprint density at radius 2 is 2.00 bits per heavy atom. The van der Waals surface area contributed by atoms with Gasteiger partial charge in [0.1, 0.15) is 12.3 Å². The summed E-state index contributed by atoms with van der Waals surface area (Å²) in [5, 5.41) is 11.5. The highest BCUT2D eigenvalue weighted by atomic mass is 16.4. The lowest BCUT2D eigenvalue weighted by atomic mass is 10.0. The number of carboxylic acid groups (broad SMARTS) is 1. The van der Waals surface area contributed by atoms with Gasteiger partial charge in [0.05, 0.1) is 5.56 Å². The zero-order chi connectivity index (χ0) is 12.0. The van der Waals surface area contributed by atoms with Crippen molar-refractivity contribution >= 4 is 12.3 Å². The van der Waals surface area contributed by atoms with Gasteiger partial charge in [-0.15, -0.1) is 0 Å². The zero-order valence-electron chi connectivity index (χ0n) is 8.50. The molecule has 0 saturated carbocycles. The van der Waals surface area contributed by atoms with Gasteiger partial charge in [-0.3, -0.25) is 0 Å². The van der Waals surface area contributed by atoms with Crippen LogP contribution in [0.3, 0.4) is 0 Å². The third-order valence-electron chi connectivity index (χ3n) is 2.19. The van der Waals surface area contributed by atoms with Gasteiger partial charge in [-0.1, -0.05) is 17.3 Å². The molecule has 5 heteroatoms. The molecule has 0 aliphatic rings. The van der Waals surface area contributed by atoms with Crippen LogP contribution in [0.2, 0.25) is 0 Å². The predicted octanol–water partition coefficient (Wildman–Crippen LogP) is 1.65. The molecule has 1 unspecified atom stereocenters. The molecule has 5 nitrogen and oxygen atoms in total. The lowest BCUT2D eigenvalue weighted by molar-refractivity contribution is -0.108. The van der Waals surface area contributed by atoms with Crippen molar-refractivity contribution in [1.29, 1.82) is 0 Å². The minimum absolute atomic E-state index is 0.0875. The fourth-order valence-electron chi connectivity index (χ4n) is 1.33. The number of hydrogen-bond acceptors (Lipinski definition) is 4. The summed E-state index contributed by atoms with van der Waals surface area (Å²) in [6.45, 7) is 0. The van der Waals surface area contributed by atoms with Crippen LogP contribution in [0.4, 0.5) is 0 Å².